The Bertz CT molecular complexity index is 644. The fourth-order valence-electron chi connectivity index (χ4n) is 2.49. The predicted molar refractivity (Wildman–Crippen MR) is 92.7 cm³/mol. The number of nitrogens with zero attached hydrogens (tertiary/aromatic N) is 1. The van der Waals surface area contributed by atoms with Crippen molar-refractivity contribution < 1.29 is 24.2 Å². The molecule has 7 heteroatoms. The van der Waals surface area contributed by atoms with Gasteiger partial charge < -0.3 is 14.6 Å². The Morgan fingerprint density at radius 2 is 1.92 bits per heavy atom. The Kier molecular flexibility index (Phi) is 6.84. The van der Waals surface area contributed by atoms with Gasteiger partial charge >= 0.3 is 0 Å². The lowest BCUT2D eigenvalue weighted by molar-refractivity contribution is -0.136. The van der Waals surface area contributed by atoms with Crippen molar-refractivity contribution in [1.82, 2.24) is 4.90 Å². The minimum atomic E-state index is -0.332. The minimum Gasteiger partial charge on any atom is -0.496 e. The van der Waals surface area contributed by atoms with E-state index in [1.807, 2.05) is 0 Å². The van der Waals surface area contributed by atoms with Gasteiger partial charge in [0.25, 0.3) is 11.8 Å². The SMILES string of the molecule is COCCCN1C(=O)C(SCCO)=C(c2ccccc2OC)C1=O. The Balaban J connectivity index is 2.40. The molecule has 1 aliphatic rings. The number of benzene rings is 1. The number of hydrogen-bond donors (Lipinski definition) is 1. The number of para-hydroxylation sites is 1. The molecule has 6 nitrogen and oxygen atoms in total. The molecule has 1 aliphatic heterocycles. The highest BCUT2D eigenvalue weighted by molar-refractivity contribution is 8.04. The summed E-state index contributed by atoms with van der Waals surface area (Å²) in [6.45, 7) is 0.700. The standard InChI is InChI=1S/C17H21NO5S/c1-22-10-5-8-18-16(20)14(15(17(18)21)24-11-9-19)12-6-3-4-7-13(12)23-2/h3-4,6-7,19H,5,8-11H2,1-2H3. The third-order valence-corrected chi connectivity index (χ3v) is 4.62. The summed E-state index contributed by atoms with van der Waals surface area (Å²) in [6.07, 6.45) is 0.575. The maximum absolute atomic E-state index is 12.8. The molecule has 1 aromatic rings. The van der Waals surface area contributed by atoms with E-state index in [1.165, 1.54) is 23.8 Å². The first-order chi connectivity index (χ1) is 11.7. The smallest absolute Gasteiger partial charge is 0.267 e. The normalized spacial score (nSPS) is 14.7. The van der Waals surface area contributed by atoms with Gasteiger partial charge in [-0.25, -0.2) is 0 Å². The van der Waals surface area contributed by atoms with E-state index < -0.39 is 0 Å². The van der Waals surface area contributed by atoms with Crippen LogP contribution in [0.2, 0.25) is 0 Å². The number of hydrogen-bond acceptors (Lipinski definition) is 6. The van der Waals surface area contributed by atoms with Crippen LogP contribution >= 0.6 is 11.8 Å². The van der Waals surface area contributed by atoms with Gasteiger partial charge in [0.2, 0.25) is 0 Å². The van der Waals surface area contributed by atoms with Gasteiger partial charge in [-0.1, -0.05) is 18.2 Å². The lowest BCUT2D eigenvalue weighted by Crippen LogP contribution is -2.33. The molecule has 1 heterocycles. The molecule has 130 valence electrons. The zero-order chi connectivity index (χ0) is 17.5. The molecule has 0 saturated heterocycles. The fraction of sp³-hybridized carbons (Fsp3) is 0.412. The Labute approximate surface area is 145 Å². The van der Waals surface area contributed by atoms with Crippen LogP contribution in [0.25, 0.3) is 5.57 Å². The fourth-order valence-corrected chi connectivity index (χ4v) is 3.36. The maximum atomic E-state index is 12.8. The van der Waals surface area contributed by atoms with Crippen molar-refractivity contribution in [3.05, 3.63) is 34.7 Å². The number of carbonyl (C=O) groups is 2. The molecule has 0 spiro atoms. The first-order valence-electron chi connectivity index (χ1n) is 7.62. The molecule has 0 atom stereocenters. The van der Waals surface area contributed by atoms with Gasteiger partial charge in [-0.3, -0.25) is 14.5 Å². The number of rotatable bonds is 9. The molecule has 2 rings (SSSR count). The average Bonchev–Trinajstić information content (AvgIpc) is 2.84. The predicted octanol–water partition coefficient (Wildman–Crippen LogP) is 1.54. The number of carbonyl (C=O) groups excluding carboxylic acids is 2. The van der Waals surface area contributed by atoms with Crippen molar-refractivity contribution in [1.29, 1.82) is 0 Å². The molecule has 0 saturated carbocycles. The zero-order valence-corrected chi connectivity index (χ0v) is 14.6. The van der Waals surface area contributed by atoms with Crippen LogP contribution in [0, 0.1) is 0 Å². The van der Waals surface area contributed by atoms with Crippen LogP contribution in [0.1, 0.15) is 12.0 Å². The molecule has 0 aromatic heterocycles. The zero-order valence-electron chi connectivity index (χ0n) is 13.8. The van der Waals surface area contributed by atoms with Gasteiger partial charge in [0.15, 0.2) is 0 Å². The van der Waals surface area contributed by atoms with Gasteiger partial charge in [-0.2, -0.15) is 0 Å². The highest BCUT2D eigenvalue weighted by atomic mass is 32.2. The van der Waals surface area contributed by atoms with E-state index in [4.69, 9.17) is 14.6 Å². The number of aliphatic hydroxyl groups is 1. The van der Waals surface area contributed by atoms with Crippen molar-refractivity contribution in [2.24, 2.45) is 0 Å². The van der Waals surface area contributed by atoms with Crippen LogP contribution in [0.4, 0.5) is 0 Å². The van der Waals surface area contributed by atoms with Gasteiger partial charge in [-0.05, 0) is 12.5 Å². The van der Waals surface area contributed by atoms with Crippen LogP contribution in [0.15, 0.2) is 29.2 Å². The molecule has 0 radical (unpaired) electrons. The molecule has 2 amide bonds. The van der Waals surface area contributed by atoms with Crippen LogP contribution in [-0.4, -0.2) is 61.6 Å². The molecular weight excluding hydrogens is 330 g/mol. The Morgan fingerprint density at radius 1 is 1.17 bits per heavy atom. The highest BCUT2D eigenvalue weighted by Crippen LogP contribution is 2.39. The van der Waals surface area contributed by atoms with E-state index in [-0.39, 0.29) is 18.4 Å². The third kappa shape index (κ3) is 3.80. The number of thioether (sulfide) groups is 1. The topological polar surface area (TPSA) is 76.1 Å². The molecular formula is C17H21NO5S. The molecule has 1 N–H and O–H groups in total. The van der Waals surface area contributed by atoms with Gasteiger partial charge in [0, 0.05) is 31.6 Å². The monoisotopic (exact) mass is 351 g/mol. The first-order valence-corrected chi connectivity index (χ1v) is 8.60. The quantitative estimate of drug-likeness (QED) is 0.537. The van der Waals surface area contributed by atoms with Crippen molar-refractivity contribution in [3.8, 4) is 5.75 Å². The second kappa shape index (κ2) is 8.86. The van der Waals surface area contributed by atoms with E-state index in [2.05, 4.69) is 0 Å². The van der Waals surface area contributed by atoms with E-state index in [0.717, 1.165) is 0 Å². The van der Waals surface area contributed by atoms with Crippen LogP contribution in [0.5, 0.6) is 5.75 Å². The van der Waals surface area contributed by atoms with Crippen LogP contribution in [0.3, 0.4) is 0 Å². The van der Waals surface area contributed by atoms with Crippen molar-refractivity contribution in [2.45, 2.75) is 6.42 Å². The number of amides is 2. The van der Waals surface area contributed by atoms with Crippen LogP contribution in [-0.2, 0) is 14.3 Å². The summed E-state index contributed by atoms with van der Waals surface area (Å²) >= 11 is 1.19. The van der Waals surface area contributed by atoms with Gasteiger partial charge in [0.05, 0.1) is 24.2 Å². The number of methoxy groups -OCH3 is 2. The molecule has 0 fully saturated rings. The second-order valence-corrected chi connectivity index (χ2v) is 6.19. The van der Waals surface area contributed by atoms with Crippen molar-refractivity contribution in [3.63, 3.8) is 0 Å². The first kappa shape index (κ1) is 18.5. The second-order valence-electron chi connectivity index (χ2n) is 5.08. The third-order valence-electron chi connectivity index (χ3n) is 3.57. The minimum absolute atomic E-state index is 0.0709. The van der Waals surface area contributed by atoms with E-state index in [9.17, 15) is 9.59 Å². The summed E-state index contributed by atoms with van der Waals surface area (Å²) in [5, 5.41) is 9.08. The number of ether oxygens (including phenoxy) is 2. The summed E-state index contributed by atoms with van der Waals surface area (Å²) in [5.41, 5.74) is 0.932. The number of imide groups is 1. The van der Waals surface area contributed by atoms with Crippen molar-refractivity contribution >= 4 is 29.1 Å². The lowest BCUT2D eigenvalue weighted by atomic mass is 10.1. The maximum Gasteiger partial charge on any atom is 0.267 e. The Morgan fingerprint density at radius 3 is 2.58 bits per heavy atom. The molecule has 0 unspecified atom stereocenters. The number of aliphatic hydroxyl groups excluding tert-OH is 1. The molecule has 24 heavy (non-hydrogen) atoms. The summed E-state index contributed by atoms with van der Waals surface area (Å²) in [5.74, 6) is 0.227. The Hall–Kier alpha value is -1.83. The lowest BCUT2D eigenvalue weighted by Gasteiger charge is -2.15. The average molecular weight is 351 g/mol. The highest BCUT2D eigenvalue weighted by Gasteiger charge is 2.39. The van der Waals surface area contributed by atoms with E-state index in [0.29, 0.717) is 47.1 Å². The summed E-state index contributed by atoms with van der Waals surface area (Å²) in [4.78, 5) is 27.1. The van der Waals surface area contributed by atoms with Crippen molar-refractivity contribution in [2.75, 3.05) is 39.7 Å². The van der Waals surface area contributed by atoms with Gasteiger partial charge in [-0.15, -0.1) is 11.8 Å². The summed E-state index contributed by atoms with van der Waals surface area (Å²) < 4.78 is 10.3. The summed E-state index contributed by atoms with van der Waals surface area (Å²) in [7, 11) is 3.10. The molecule has 0 aliphatic carbocycles. The molecule has 0 bridgehead atoms. The largest absolute Gasteiger partial charge is 0.496 e. The molecule has 1 aromatic carbocycles. The van der Waals surface area contributed by atoms with Gasteiger partial charge in [0.1, 0.15) is 5.75 Å². The summed E-state index contributed by atoms with van der Waals surface area (Å²) in [6, 6.07) is 7.12. The van der Waals surface area contributed by atoms with Crippen LogP contribution < -0.4 is 4.74 Å². The van der Waals surface area contributed by atoms with E-state index >= 15 is 0 Å². The van der Waals surface area contributed by atoms with E-state index in [1.54, 1.807) is 31.4 Å².